The van der Waals surface area contributed by atoms with Crippen LogP contribution in [-0.2, 0) is 11.0 Å². The predicted molar refractivity (Wildman–Crippen MR) is 86.5 cm³/mol. The molecule has 0 radical (unpaired) electrons. The number of amides is 1. The molecule has 0 aromatic heterocycles. The van der Waals surface area contributed by atoms with Crippen molar-refractivity contribution in [1.82, 2.24) is 0 Å². The van der Waals surface area contributed by atoms with E-state index >= 15 is 0 Å². The van der Waals surface area contributed by atoms with Gasteiger partial charge in [0.25, 0.3) is 0 Å². The van der Waals surface area contributed by atoms with Gasteiger partial charge < -0.3 is 14.8 Å². The van der Waals surface area contributed by atoms with Gasteiger partial charge in [-0.05, 0) is 24.3 Å². The van der Waals surface area contributed by atoms with Crippen molar-refractivity contribution in [2.45, 2.75) is 6.18 Å². The van der Waals surface area contributed by atoms with Crippen LogP contribution < -0.4 is 14.8 Å². The molecule has 4 nitrogen and oxygen atoms in total. The molecule has 2 aromatic rings. The number of nitrogens with one attached hydrogen (secondary N) is 1. The maximum Gasteiger partial charge on any atom is 0.419 e. The molecule has 1 aliphatic rings. The van der Waals surface area contributed by atoms with Crippen LogP contribution in [0, 0.1) is 11.6 Å². The SMILES string of the molecule is O=C(/C=C/c1ccc(C(F)(F)F)c(F)c1F)Nc1ccc2c(c1)OCCO2. The van der Waals surface area contributed by atoms with Gasteiger partial charge in [-0.3, -0.25) is 4.79 Å². The lowest BCUT2D eigenvalue weighted by Gasteiger charge is -2.18. The van der Waals surface area contributed by atoms with E-state index in [0.29, 0.717) is 36.5 Å². The Balaban J connectivity index is 1.73. The van der Waals surface area contributed by atoms with Crippen LogP contribution >= 0.6 is 0 Å². The molecule has 0 unspecified atom stereocenters. The van der Waals surface area contributed by atoms with Crippen LogP contribution in [-0.4, -0.2) is 19.1 Å². The maximum atomic E-state index is 13.8. The van der Waals surface area contributed by atoms with Crippen molar-refractivity contribution in [3.63, 3.8) is 0 Å². The first-order valence-electron chi connectivity index (χ1n) is 7.69. The molecule has 1 N–H and O–H groups in total. The highest BCUT2D eigenvalue weighted by Crippen LogP contribution is 2.34. The summed E-state index contributed by atoms with van der Waals surface area (Å²) in [5, 5.41) is 2.47. The van der Waals surface area contributed by atoms with Gasteiger partial charge in [-0.2, -0.15) is 13.2 Å². The fraction of sp³-hybridized carbons (Fsp3) is 0.167. The minimum atomic E-state index is -5.01. The summed E-state index contributed by atoms with van der Waals surface area (Å²) in [6.07, 6.45) is -3.25. The lowest BCUT2D eigenvalue weighted by molar-refractivity contribution is -0.140. The Bertz CT molecular complexity index is 909. The van der Waals surface area contributed by atoms with Crippen molar-refractivity contribution in [3.05, 3.63) is 59.2 Å². The average molecular weight is 385 g/mol. The standard InChI is InChI=1S/C18H12F5NO3/c19-16-10(1-4-12(17(16)20)18(21,22)23)2-6-15(25)24-11-3-5-13-14(9-11)27-8-7-26-13/h1-6,9H,7-8H2,(H,24,25)/b6-2+. The third-order valence-corrected chi connectivity index (χ3v) is 3.64. The summed E-state index contributed by atoms with van der Waals surface area (Å²) in [4.78, 5) is 11.9. The van der Waals surface area contributed by atoms with Crippen molar-refractivity contribution in [3.8, 4) is 11.5 Å². The van der Waals surface area contributed by atoms with Gasteiger partial charge in [-0.1, -0.05) is 6.07 Å². The molecule has 0 fully saturated rings. The Kier molecular flexibility index (Phi) is 5.02. The fourth-order valence-corrected chi connectivity index (χ4v) is 2.38. The summed E-state index contributed by atoms with van der Waals surface area (Å²) < 4.78 is 75.6. The molecular formula is C18H12F5NO3. The Morgan fingerprint density at radius 2 is 1.70 bits per heavy atom. The van der Waals surface area contributed by atoms with Gasteiger partial charge in [0.05, 0.1) is 5.56 Å². The Morgan fingerprint density at radius 3 is 2.41 bits per heavy atom. The van der Waals surface area contributed by atoms with Gasteiger partial charge in [0.1, 0.15) is 13.2 Å². The molecule has 1 aliphatic heterocycles. The van der Waals surface area contributed by atoms with Crippen LogP contribution in [0.1, 0.15) is 11.1 Å². The largest absolute Gasteiger partial charge is 0.486 e. The first kappa shape index (κ1) is 18.7. The summed E-state index contributed by atoms with van der Waals surface area (Å²) in [7, 11) is 0. The molecule has 3 rings (SSSR count). The number of alkyl halides is 3. The van der Waals surface area contributed by atoms with Crippen LogP contribution in [0.25, 0.3) is 6.08 Å². The van der Waals surface area contributed by atoms with E-state index in [1.807, 2.05) is 0 Å². The number of anilines is 1. The van der Waals surface area contributed by atoms with Crippen LogP contribution in [0.5, 0.6) is 11.5 Å². The zero-order valence-corrected chi connectivity index (χ0v) is 13.6. The van der Waals surface area contributed by atoms with Gasteiger partial charge in [-0.15, -0.1) is 0 Å². The molecule has 0 spiro atoms. The van der Waals surface area contributed by atoms with Crippen LogP contribution in [0.3, 0.4) is 0 Å². The monoisotopic (exact) mass is 385 g/mol. The van der Waals surface area contributed by atoms with Gasteiger partial charge in [0.2, 0.25) is 5.91 Å². The highest BCUT2D eigenvalue weighted by Gasteiger charge is 2.35. The van der Waals surface area contributed by atoms with Crippen molar-refractivity contribution in [2.75, 3.05) is 18.5 Å². The Hall–Kier alpha value is -3.10. The van der Waals surface area contributed by atoms with E-state index in [2.05, 4.69) is 5.32 Å². The fourth-order valence-electron chi connectivity index (χ4n) is 2.38. The topological polar surface area (TPSA) is 47.6 Å². The molecule has 27 heavy (non-hydrogen) atoms. The van der Waals surface area contributed by atoms with E-state index < -0.39 is 34.8 Å². The molecule has 0 saturated heterocycles. The zero-order chi connectivity index (χ0) is 19.6. The minimum absolute atomic E-state index is 0.364. The van der Waals surface area contributed by atoms with Gasteiger partial charge in [-0.25, -0.2) is 8.78 Å². The predicted octanol–water partition coefficient (Wildman–Crippen LogP) is 4.41. The van der Waals surface area contributed by atoms with Crippen molar-refractivity contribution >= 4 is 17.7 Å². The van der Waals surface area contributed by atoms with Gasteiger partial charge in [0, 0.05) is 23.4 Å². The van der Waals surface area contributed by atoms with Crippen LogP contribution in [0.4, 0.5) is 27.6 Å². The third-order valence-electron chi connectivity index (χ3n) is 3.64. The number of fused-ring (bicyclic) bond motifs is 1. The molecule has 2 aromatic carbocycles. The Morgan fingerprint density at radius 1 is 1.00 bits per heavy atom. The number of benzene rings is 2. The molecule has 0 bridgehead atoms. The lowest BCUT2D eigenvalue weighted by atomic mass is 10.1. The Labute approximate surface area is 150 Å². The number of halogens is 5. The number of carbonyl (C=O) groups excluding carboxylic acids is 1. The quantitative estimate of drug-likeness (QED) is 0.629. The molecule has 0 aliphatic carbocycles. The number of hydrogen-bond donors (Lipinski definition) is 1. The van der Waals surface area contributed by atoms with Gasteiger partial charge >= 0.3 is 6.18 Å². The van der Waals surface area contributed by atoms with Crippen LogP contribution in [0.2, 0.25) is 0 Å². The molecule has 1 amide bonds. The van der Waals surface area contributed by atoms with E-state index in [1.165, 1.54) is 6.07 Å². The average Bonchev–Trinajstić information content (AvgIpc) is 2.62. The molecule has 0 saturated carbocycles. The molecule has 1 heterocycles. The van der Waals surface area contributed by atoms with Crippen LogP contribution in [0.15, 0.2) is 36.4 Å². The minimum Gasteiger partial charge on any atom is -0.486 e. The van der Waals surface area contributed by atoms with Crippen molar-refractivity contribution in [2.24, 2.45) is 0 Å². The van der Waals surface area contributed by atoms with Crippen molar-refractivity contribution in [1.29, 1.82) is 0 Å². The third kappa shape index (κ3) is 4.18. The highest BCUT2D eigenvalue weighted by atomic mass is 19.4. The van der Waals surface area contributed by atoms with E-state index in [1.54, 1.807) is 12.1 Å². The second-order valence-corrected chi connectivity index (χ2v) is 5.51. The van der Waals surface area contributed by atoms with Crippen molar-refractivity contribution < 1.29 is 36.2 Å². The number of hydrogen-bond acceptors (Lipinski definition) is 3. The number of carbonyl (C=O) groups is 1. The summed E-state index contributed by atoms with van der Waals surface area (Å²) in [5.74, 6) is -3.42. The van der Waals surface area contributed by atoms with E-state index in [9.17, 15) is 26.7 Å². The zero-order valence-electron chi connectivity index (χ0n) is 13.6. The second kappa shape index (κ2) is 7.26. The molecule has 9 heteroatoms. The second-order valence-electron chi connectivity index (χ2n) is 5.51. The molecule has 0 atom stereocenters. The highest BCUT2D eigenvalue weighted by molar-refractivity contribution is 6.02. The summed E-state index contributed by atoms with van der Waals surface area (Å²) in [6.45, 7) is 0.778. The summed E-state index contributed by atoms with van der Waals surface area (Å²) >= 11 is 0. The smallest absolute Gasteiger partial charge is 0.419 e. The first-order valence-corrected chi connectivity index (χ1v) is 7.69. The first-order chi connectivity index (χ1) is 12.8. The van der Waals surface area contributed by atoms with E-state index in [4.69, 9.17) is 9.47 Å². The normalized spacial score (nSPS) is 13.7. The molecule has 142 valence electrons. The number of rotatable bonds is 3. The maximum absolute atomic E-state index is 13.8. The van der Waals surface area contributed by atoms with Gasteiger partial charge in [0.15, 0.2) is 23.1 Å². The lowest BCUT2D eigenvalue weighted by Crippen LogP contribution is -2.16. The molecular weight excluding hydrogens is 373 g/mol. The van der Waals surface area contributed by atoms with E-state index in [-0.39, 0.29) is 0 Å². The summed E-state index contributed by atoms with van der Waals surface area (Å²) in [5.41, 5.74) is -1.83. The summed E-state index contributed by atoms with van der Waals surface area (Å²) in [6, 6.07) is 5.83. The van der Waals surface area contributed by atoms with E-state index in [0.717, 1.165) is 18.2 Å². The number of ether oxygens (including phenoxy) is 2.